The highest BCUT2D eigenvalue weighted by Crippen LogP contribution is 2.16. The van der Waals surface area contributed by atoms with E-state index in [-0.39, 0.29) is 0 Å². The largest absolute Gasteiger partial charge is 0.324 e. The van der Waals surface area contributed by atoms with Crippen LogP contribution in [0, 0.1) is 0 Å². The van der Waals surface area contributed by atoms with Crippen molar-refractivity contribution in [2.45, 2.75) is 25.8 Å². The average molecular weight is 240 g/mol. The molecule has 0 spiro atoms. The van der Waals surface area contributed by atoms with Gasteiger partial charge in [0.25, 0.3) is 0 Å². The summed E-state index contributed by atoms with van der Waals surface area (Å²) in [6, 6.07) is 13.0. The number of likely N-dealkylation sites (tertiary alicyclic amines) is 1. The SMILES string of the molecule is c1cc(CN2CCCCC2)cc(-n2cccc2)c1. The Balaban J connectivity index is 1.74. The van der Waals surface area contributed by atoms with Gasteiger partial charge in [0, 0.05) is 24.6 Å². The van der Waals surface area contributed by atoms with Crippen molar-refractivity contribution in [1.82, 2.24) is 9.47 Å². The monoisotopic (exact) mass is 240 g/mol. The molecule has 0 N–H and O–H groups in total. The fourth-order valence-corrected chi connectivity index (χ4v) is 2.70. The molecule has 2 aromatic rings. The molecule has 1 aromatic carbocycles. The second-order valence-corrected chi connectivity index (χ2v) is 5.10. The number of hydrogen-bond donors (Lipinski definition) is 0. The van der Waals surface area contributed by atoms with Gasteiger partial charge < -0.3 is 4.57 Å². The summed E-state index contributed by atoms with van der Waals surface area (Å²) in [7, 11) is 0. The fraction of sp³-hybridized carbons (Fsp3) is 0.375. The predicted octanol–water partition coefficient (Wildman–Crippen LogP) is 3.46. The second-order valence-electron chi connectivity index (χ2n) is 5.10. The van der Waals surface area contributed by atoms with Crippen LogP contribution in [0.25, 0.3) is 5.69 Å². The van der Waals surface area contributed by atoms with Crippen LogP contribution in [0.5, 0.6) is 0 Å². The van der Waals surface area contributed by atoms with E-state index in [1.807, 2.05) is 0 Å². The number of piperidine rings is 1. The van der Waals surface area contributed by atoms with Crippen LogP contribution in [0.15, 0.2) is 48.8 Å². The molecule has 2 heteroatoms. The van der Waals surface area contributed by atoms with Crippen molar-refractivity contribution < 1.29 is 0 Å². The lowest BCUT2D eigenvalue weighted by molar-refractivity contribution is 0.221. The van der Waals surface area contributed by atoms with E-state index >= 15 is 0 Å². The van der Waals surface area contributed by atoms with Crippen molar-refractivity contribution in [2.24, 2.45) is 0 Å². The lowest BCUT2D eigenvalue weighted by Crippen LogP contribution is -2.29. The summed E-state index contributed by atoms with van der Waals surface area (Å²) in [6.45, 7) is 3.61. The molecule has 2 nitrogen and oxygen atoms in total. The van der Waals surface area contributed by atoms with E-state index in [0.717, 1.165) is 6.54 Å². The van der Waals surface area contributed by atoms with Crippen LogP contribution in [-0.2, 0) is 6.54 Å². The van der Waals surface area contributed by atoms with Crippen LogP contribution >= 0.6 is 0 Å². The van der Waals surface area contributed by atoms with E-state index in [2.05, 4.69) is 58.3 Å². The second kappa shape index (κ2) is 5.40. The topological polar surface area (TPSA) is 8.17 Å². The van der Waals surface area contributed by atoms with Gasteiger partial charge in [0.15, 0.2) is 0 Å². The molecular weight excluding hydrogens is 220 g/mol. The minimum Gasteiger partial charge on any atom is -0.324 e. The quantitative estimate of drug-likeness (QED) is 0.797. The van der Waals surface area contributed by atoms with Gasteiger partial charge in [0.1, 0.15) is 0 Å². The Hall–Kier alpha value is -1.54. The number of hydrogen-bond acceptors (Lipinski definition) is 1. The molecule has 0 unspecified atom stereocenters. The van der Waals surface area contributed by atoms with Crippen molar-refractivity contribution in [3.05, 3.63) is 54.4 Å². The zero-order valence-corrected chi connectivity index (χ0v) is 10.8. The zero-order valence-electron chi connectivity index (χ0n) is 10.8. The molecule has 0 aliphatic carbocycles. The van der Waals surface area contributed by atoms with E-state index < -0.39 is 0 Å². The van der Waals surface area contributed by atoms with Crippen molar-refractivity contribution in [2.75, 3.05) is 13.1 Å². The van der Waals surface area contributed by atoms with Gasteiger partial charge in [-0.25, -0.2) is 0 Å². The third kappa shape index (κ3) is 2.65. The molecule has 94 valence electrons. The Bertz CT molecular complexity index is 482. The van der Waals surface area contributed by atoms with E-state index in [1.54, 1.807) is 0 Å². The molecule has 0 saturated carbocycles. The van der Waals surface area contributed by atoms with E-state index in [1.165, 1.54) is 43.6 Å². The maximum absolute atomic E-state index is 2.57. The standard InChI is InChI=1S/C16H20N2/c1-2-9-17(10-3-1)14-15-7-6-8-16(13-15)18-11-4-5-12-18/h4-8,11-13H,1-3,9-10,14H2. The van der Waals surface area contributed by atoms with E-state index in [0.29, 0.717) is 0 Å². The number of nitrogens with zero attached hydrogens (tertiary/aromatic N) is 2. The molecule has 3 rings (SSSR count). The summed E-state index contributed by atoms with van der Waals surface area (Å²) < 4.78 is 2.17. The molecule has 0 bridgehead atoms. The Labute approximate surface area is 109 Å². The smallest absolute Gasteiger partial charge is 0.0452 e. The number of rotatable bonds is 3. The van der Waals surface area contributed by atoms with Crippen molar-refractivity contribution in [3.8, 4) is 5.69 Å². The molecule has 0 atom stereocenters. The minimum absolute atomic E-state index is 1.09. The van der Waals surface area contributed by atoms with Crippen LogP contribution in [0.4, 0.5) is 0 Å². The predicted molar refractivity (Wildman–Crippen MR) is 74.9 cm³/mol. The van der Waals surface area contributed by atoms with E-state index in [9.17, 15) is 0 Å². The van der Waals surface area contributed by atoms with Gasteiger partial charge >= 0.3 is 0 Å². The van der Waals surface area contributed by atoms with Crippen LogP contribution < -0.4 is 0 Å². The summed E-state index contributed by atoms with van der Waals surface area (Å²) in [4.78, 5) is 2.57. The van der Waals surface area contributed by atoms with Crippen molar-refractivity contribution in [3.63, 3.8) is 0 Å². The first kappa shape index (κ1) is 11.5. The maximum Gasteiger partial charge on any atom is 0.0452 e. The fourth-order valence-electron chi connectivity index (χ4n) is 2.70. The third-order valence-electron chi connectivity index (χ3n) is 3.67. The van der Waals surface area contributed by atoms with Gasteiger partial charge in [-0.2, -0.15) is 0 Å². The highest BCUT2D eigenvalue weighted by atomic mass is 15.1. The molecule has 0 radical (unpaired) electrons. The Morgan fingerprint density at radius 3 is 2.44 bits per heavy atom. The molecule has 1 aliphatic rings. The minimum atomic E-state index is 1.09. The zero-order chi connectivity index (χ0) is 12.2. The first-order valence-corrected chi connectivity index (χ1v) is 6.86. The maximum atomic E-state index is 2.57. The molecule has 1 fully saturated rings. The summed E-state index contributed by atoms with van der Waals surface area (Å²) in [5, 5.41) is 0. The van der Waals surface area contributed by atoms with Crippen LogP contribution in [0.2, 0.25) is 0 Å². The molecule has 2 heterocycles. The lowest BCUT2D eigenvalue weighted by atomic mass is 10.1. The Morgan fingerprint density at radius 2 is 1.67 bits per heavy atom. The van der Waals surface area contributed by atoms with Crippen molar-refractivity contribution in [1.29, 1.82) is 0 Å². The summed E-state index contributed by atoms with van der Waals surface area (Å²) in [5.74, 6) is 0. The molecular formula is C16H20N2. The van der Waals surface area contributed by atoms with Gasteiger partial charge in [-0.05, 0) is 55.8 Å². The summed E-state index contributed by atoms with van der Waals surface area (Å²) in [5.41, 5.74) is 2.68. The molecule has 1 saturated heterocycles. The number of aromatic nitrogens is 1. The highest BCUT2D eigenvalue weighted by molar-refractivity contribution is 5.36. The lowest BCUT2D eigenvalue weighted by Gasteiger charge is -2.26. The highest BCUT2D eigenvalue weighted by Gasteiger charge is 2.10. The van der Waals surface area contributed by atoms with Gasteiger partial charge in [-0.3, -0.25) is 4.90 Å². The first-order chi connectivity index (χ1) is 8.92. The van der Waals surface area contributed by atoms with Crippen LogP contribution in [0.1, 0.15) is 24.8 Å². The van der Waals surface area contributed by atoms with Crippen molar-refractivity contribution >= 4 is 0 Å². The molecule has 1 aromatic heterocycles. The average Bonchev–Trinajstić information content (AvgIpc) is 2.94. The van der Waals surface area contributed by atoms with Crippen LogP contribution in [-0.4, -0.2) is 22.6 Å². The van der Waals surface area contributed by atoms with Gasteiger partial charge in [0.05, 0.1) is 0 Å². The van der Waals surface area contributed by atoms with Gasteiger partial charge in [0.2, 0.25) is 0 Å². The van der Waals surface area contributed by atoms with Gasteiger partial charge in [-0.15, -0.1) is 0 Å². The van der Waals surface area contributed by atoms with Crippen LogP contribution in [0.3, 0.4) is 0 Å². The van der Waals surface area contributed by atoms with E-state index in [4.69, 9.17) is 0 Å². The summed E-state index contributed by atoms with van der Waals surface area (Å²) in [6.07, 6.45) is 8.31. The molecule has 18 heavy (non-hydrogen) atoms. The summed E-state index contributed by atoms with van der Waals surface area (Å²) >= 11 is 0. The Morgan fingerprint density at radius 1 is 0.889 bits per heavy atom. The first-order valence-electron chi connectivity index (χ1n) is 6.86. The Kier molecular flexibility index (Phi) is 3.47. The van der Waals surface area contributed by atoms with Gasteiger partial charge in [-0.1, -0.05) is 18.6 Å². The normalized spacial score (nSPS) is 16.9. The number of benzene rings is 1. The molecule has 0 amide bonds. The molecule has 1 aliphatic heterocycles. The third-order valence-corrected chi connectivity index (χ3v) is 3.67.